The number of carbonyl (C=O) groups excluding carboxylic acids is 1. The first-order chi connectivity index (χ1) is 14.0. The topological polar surface area (TPSA) is 83.7 Å². The highest BCUT2D eigenvalue weighted by atomic mass is 79.9. The SMILES string of the molecule is COc1cc(-c2nnc(S[C@@H](C)C(=O)c3ccc(Br)cc3)o2)cc(OC)c1OC. The van der Waals surface area contributed by atoms with Crippen molar-refractivity contribution < 1.29 is 23.4 Å². The van der Waals surface area contributed by atoms with E-state index in [4.69, 9.17) is 18.6 Å². The molecule has 3 aromatic rings. The van der Waals surface area contributed by atoms with E-state index in [9.17, 15) is 4.79 Å². The highest BCUT2D eigenvalue weighted by molar-refractivity contribution is 9.10. The molecule has 0 saturated carbocycles. The highest BCUT2D eigenvalue weighted by Crippen LogP contribution is 2.41. The molecular weight excluding hydrogens is 460 g/mol. The van der Waals surface area contributed by atoms with Crippen LogP contribution in [0.3, 0.4) is 0 Å². The molecule has 1 aromatic heterocycles. The number of benzene rings is 2. The van der Waals surface area contributed by atoms with Crippen LogP contribution in [-0.4, -0.2) is 42.6 Å². The summed E-state index contributed by atoms with van der Waals surface area (Å²) in [5.41, 5.74) is 1.24. The average Bonchev–Trinajstić information content (AvgIpc) is 3.21. The van der Waals surface area contributed by atoms with Crippen LogP contribution in [0.1, 0.15) is 17.3 Å². The quantitative estimate of drug-likeness (QED) is 0.334. The number of aromatic nitrogens is 2. The molecule has 0 aliphatic rings. The summed E-state index contributed by atoms with van der Waals surface area (Å²) >= 11 is 4.57. The standard InChI is InChI=1S/C20H19BrN2O5S/c1-11(17(24)12-5-7-14(21)8-6-12)29-20-23-22-19(28-20)13-9-15(25-2)18(27-4)16(10-13)26-3/h5-11H,1-4H3/t11-/m0/s1. The number of ether oxygens (including phenoxy) is 3. The van der Waals surface area contributed by atoms with Gasteiger partial charge in [-0.05, 0) is 31.2 Å². The number of methoxy groups -OCH3 is 3. The van der Waals surface area contributed by atoms with Crippen molar-refractivity contribution in [2.45, 2.75) is 17.4 Å². The minimum Gasteiger partial charge on any atom is -0.493 e. The number of hydrogen-bond acceptors (Lipinski definition) is 8. The van der Waals surface area contributed by atoms with Crippen molar-refractivity contribution in [3.8, 4) is 28.7 Å². The molecule has 29 heavy (non-hydrogen) atoms. The number of thioether (sulfide) groups is 1. The number of hydrogen-bond donors (Lipinski definition) is 0. The Morgan fingerprint density at radius 3 is 2.21 bits per heavy atom. The van der Waals surface area contributed by atoms with Gasteiger partial charge in [0.15, 0.2) is 17.3 Å². The van der Waals surface area contributed by atoms with E-state index in [0.717, 1.165) is 4.47 Å². The Bertz CT molecular complexity index is 981. The molecule has 0 aliphatic heterocycles. The van der Waals surface area contributed by atoms with Crippen molar-refractivity contribution in [2.24, 2.45) is 0 Å². The predicted octanol–water partition coefficient (Wildman–Crippen LogP) is 4.89. The van der Waals surface area contributed by atoms with Crippen LogP contribution in [-0.2, 0) is 0 Å². The third-order valence-corrected chi connectivity index (χ3v) is 5.56. The van der Waals surface area contributed by atoms with E-state index >= 15 is 0 Å². The first-order valence-corrected chi connectivity index (χ1v) is 10.2. The zero-order valence-electron chi connectivity index (χ0n) is 16.3. The molecule has 0 aliphatic carbocycles. The van der Waals surface area contributed by atoms with Crippen LogP contribution in [0.25, 0.3) is 11.5 Å². The minimum absolute atomic E-state index is 0.0185. The van der Waals surface area contributed by atoms with E-state index < -0.39 is 0 Å². The summed E-state index contributed by atoms with van der Waals surface area (Å²) in [4.78, 5) is 12.6. The lowest BCUT2D eigenvalue weighted by atomic mass is 10.1. The van der Waals surface area contributed by atoms with Gasteiger partial charge in [0.05, 0.1) is 26.6 Å². The molecular formula is C20H19BrN2O5S. The normalized spacial score (nSPS) is 11.8. The molecule has 2 aromatic carbocycles. The fourth-order valence-corrected chi connectivity index (χ4v) is 3.66. The maximum Gasteiger partial charge on any atom is 0.277 e. The maximum atomic E-state index is 12.6. The van der Waals surface area contributed by atoms with Crippen molar-refractivity contribution in [2.75, 3.05) is 21.3 Å². The van der Waals surface area contributed by atoms with Crippen LogP contribution in [0.2, 0.25) is 0 Å². The number of halogens is 1. The lowest BCUT2D eigenvalue weighted by molar-refractivity contribution is 0.0993. The Labute approximate surface area is 180 Å². The molecule has 0 radical (unpaired) electrons. The molecule has 0 unspecified atom stereocenters. The molecule has 1 heterocycles. The Morgan fingerprint density at radius 2 is 1.66 bits per heavy atom. The van der Waals surface area contributed by atoms with Crippen LogP contribution < -0.4 is 14.2 Å². The second-order valence-electron chi connectivity index (χ2n) is 5.92. The molecule has 0 spiro atoms. The van der Waals surface area contributed by atoms with E-state index in [0.29, 0.717) is 33.6 Å². The van der Waals surface area contributed by atoms with Gasteiger partial charge in [-0.2, -0.15) is 0 Å². The Kier molecular flexibility index (Phi) is 6.81. The summed E-state index contributed by atoms with van der Waals surface area (Å²) in [6, 6.07) is 10.7. The first-order valence-electron chi connectivity index (χ1n) is 8.57. The monoisotopic (exact) mass is 478 g/mol. The van der Waals surface area contributed by atoms with Crippen LogP contribution in [0.4, 0.5) is 0 Å². The van der Waals surface area contributed by atoms with Gasteiger partial charge in [-0.15, -0.1) is 10.2 Å². The lowest BCUT2D eigenvalue weighted by Crippen LogP contribution is -2.13. The summed E-state index contributed by atoms with van der Waals surface area (Å²) in [6.45, 7) is 1.80. The zero-order chi connectivity index (χ0) is 21.0. The molecule has 0 saturated heterocycles. The van der Waals surface area contributed by atoms with Crippen LogP contribution in [0, 0.1) is 0 Å². The highest BCUT2D eigenvalue weighted by Gasteiger charge is 2.21. The molecule has 0 N–H and O–H groups in total. The van der Waals surface area contributed by atoms with Gasteiger partial charge < -0.3 is 18.6 Å². The van der Waals surface area contributed by atoms with Gasteiger partial charge in [0, 0.05) is 15.6 Å². The van der Waals surface area contributed by atoms with E-state index in [1.165, 1.54) is 33.1 Å². The number of Topliss-reactive ketones (excluding diaryl/α,β-unsaturated/α-hetero) is 1. The summed E-state index contributed by atoms with van der Waals surface area (Å²) in [5, 5.41) is 8.05. The molecule has 1 atom stereocenters. The third kappa shape index (κ3) is 4.73. The first kappa shape index (κ1) is 21.2. The van der Waals surface area contributed by atoms with Gasteiger partial charge in [-0.1, -0.05) is 39.8 Å². The third-order valence-electron chi connectivity index (χ3n) is 4.09. The van der Waals surface area contributed by atoms with Gasteiger partial charge in [-0.25, -0.2) is 0 Å². The number of nitrogens with zero attached hydrogens (tertiary/aromatic N) is 2. The second kappa shape index (κ2) is 9.32. The summed E-state index contributed by atoms with van der Waals surface area (Å²) in [5.74, 6) is 1.70. The fourth-order valence-electron chi connectivity index (χ4n) is 2.63. The van der Waals surface area contributed by atoms with E-state index in [1.54, 1.807) is 31.2 Å². The number of carbonyl (C=O) groups is 1. The zero-order valence-corrected chi connectivity index (χ0v) is 18.7. The van der Waals surface area contributed by atoms with Gasteiger partial charge in [0.25, 0.3) is 5.22 Å². The van der Waals surface area contributed by atoms with E-state index in [1.807, 2.05) is 12.1 Å². The Morgan fingerprint density at radius 1 is 1.03 bits per heavy atom. The molecule has 0 bridgehead atoms. The Hall–Kier alpha value is -2.52. The smallest absolute Gasteiger partial charge is 0.277 e. The molecule has 9 heteroatoms. The molecule has 3 rings (SSSR count). The van der Waals surface area contributed by atoms with Gasteiger partial charge in [0.1, 0.15) is 0 Å². The molecule has 0 fully saturated rings. The van der Waals surface area contributed by atoms with Crippen molar-refractivity contribution in [3.63, 3.8) is 0 Å². The van der Waals surface area contributed by atoms with Gasteiger partial charge in [0.2, 0.25) is 11.6 Å². The number of rotatable bonds is 8. The van der Waals surface area contributed by atoms with Crippen LogP contribution >= 0.6 is 27.7 Å². The predicted molar refractivity (Wildman–Crippen MR) is 113 cm³/mol. The molecule has 7 nitrogen and oxygen atoms in total. The van der Waals surface area contributed by atoms with Crippen molar-refractivity contribution in [3.05, 3.63) is 46.4 Å². The average molecular weight is 479 g/mol. The second-order valence-corrected chi connectivity index (χ2v) is 8.13. The van der Waals surface area contributed by atoms with Gasteiger partial charge in [-0.3, -0.25) is 4.79 Å². The Balaban J connectivity index is 1.80. The lowest BCUT2D eigenvalue weighted by Gasteiger charge is -2.12. The van der Waals surface area contributed by atoms with Crippen LogP contribution in [0.5, 0.6) is 17.2 Å². The van der Waals surface area contributed by atoms with Crippen molar-refractivity contribution in [1.82, 2.24) is 10.2 Å². The largest absolute Gasteiger partial charge is 0.493 e. The number of ketones is 1. The van der Waals surface area contributed by atoms with E-state index in [2.05, 4.69) is 26.1 Å². The van der Waals surface area contributed by atoms with Crippen molar-refractivity contribution in [1.29, 1.82) is 0 Å². The van der Waals surface area contributed by atoms with Gasteiger partial charge >= 0.3 is 0 Å². The molecule has 0 amide bonds. The summed E-state index contributed by atoms with van der Waals surface area (Å²) < 4.78 is 22.7. The van der Waals surface area contributed by atoms with E-state index in [-0.39, 0.29) is 16.9 Å². The van der Waals surface area contributed by atoms with Crippen LogP contribution in [0.15, 0.2) is 50.5 Å². The summed E-state index contributed by atoms with van der Waals surface area (Å²) in [6.07, 6.45) is 0. The minimum atomic E-state index is -0.385. The maximum absolute atomic E-state index is 12.6. The van der Waals surface area contributed by atoms with Crippen molar-refractivity contribution >= 4 is 33.5 Å². The molecule has 152 valence electrons. The fraction of sp³-hybridized carbons (Fsp3) is 0.250. The summed E-state index contributed by atoms with van der Waals surface area (Å²) in [7, 11) is 4.60.